The quantitative estimate of drug-likeness (QED) is 0.624. The van der Waals surface area contributed by atoms with Crippen LogP contribution in [0.4, 0.5) is 0 Å². The van der Waals surface area contributed by atoms with Crippen molar-refractivity contribution in [1.82, 2.24) is 4.98 Å². The number of hydrogen-bond donors (Lipinski definition) is 2. The topological polar surface area (TPSA) is 76.9 Å². The molecule has 0 aliphatic rings. The number of aromatic nitrogens is 1. The summed E-state index contributed by atoms with van der Waals surface area (Å²) < 4.78 is 0. The molecule has 4 nitrogen and oxygen atoms in total. The van der Waals surface area contributed by atoms with E-state index in [0.29, 0.717) is 5.69 Å². The van der Waals surface area contributed by atoms with Crippen LogP contribution < -0.4 is 0 Å². The number of carboxylic acid groups (broad SMARTS) is 1. The van der Waals surface area contributed by atoms with Gasteiger partial charge in [0.2, 0.25) is 0 Å². The van der Waals surface area contributed by atoms with E-state index in [-0.39, 0.29) is 11.3 Å². The lowest BCUT2D eigenvalue weighted by Crippen LogP contribution is -1.95. The van der Waals surface area contributed by atoms with Gasteiger partial charge >= 0.3 is 5.97 Å². The zero-order valence-corrected chi connectivity index (χ0v) is 5.88. The first kappa shape index (κ1) is 7.35. The van der Waals surface area contributed by atoms with Crippen LogP contribution >= 0.6 is 0 Å². The maximum absolute atomic E-state index is 10.4. The first-order valence-corrected chi connectivity index (χ1v) is 2.98. The third kappa shape index (κ3) is 1.22. The van der Waals surface area contributed by atoms with E-state index < -0.39 is 5.97 Å². The summed E-state index contributed by atoms with van der Waals surface area (Å²) in [6.45, 7) is 1.62. The van der Waals surface area contributed by atoms with E-state index in [9.17, 15) is 4.79 Å². The molecule has 0 spiro atoms. The summed E-state index contributed by atoms with van der Waals surface area (Å²) in [5.74, 6) is -1.01. The summed E-state index contributed by atoms with van der Waals surface area (Å²) in [5.41, 5.74) is 0.940. The molecule has 0 fully saturated rings. The minimum absolute atomic E-state index is 0.154. The number of aryl methyl sites for hydroxylation is 1. The highest BCUT2D eigenvalue weighted by molar-refractivity contribution is 5.89. The summed E-state index contributed by atoms with van der Waals surface area (Å²) in [6, 6.07) is 3.14. The van der Waals surface area contributed by atoms with Crippen LogP contribution in [-0.4, -0.2) is 16.1 Å². The molecule has 56 valence electrons. The zero-order valence-electron chi connectivity index (χ0n) is 5.88. The highest BCUT2D eigenvalue weighted by Crippen LogP contribution is 2.08. The Bertz CT molecular complexity index is 333. The third-order valence-corrected chi connectivity index (χ3v) is 1.37. The lowest BCUT2D eigenvalue weighted by Gasteiger charge is -1.86. The monoisotopic (exact) mass is 150 g/mol. The number of nitriles is 1. The van der Waals surface area contributed by atoms with E-state index in [1.54, 1.807) is 6.92 Å². The number of nitrogens with zero attached hydrogens (tertiary/aromatic N) is 1. The molecule has 1 heterocycles. The number of carboxylic acids is 1. The number of aromatic carboxylic acids is 1. The fourth-order valence-corrected chi connectivity index (χ4v) is 0.840. The van der Waals surface area contributed by atoms with Crippen molar-refractivity contribution in [3.05, 3.63) is 23.0 Å². The Labute approximate surface area is 63.1 Å². The Hall–Kier alpha value is -1.76. The molecule has 2 N–H and O–H groups in total. The summed E-state index contributed by atoms with van der Waals surface area (Å²) in [7, 11) is 0. The van der Waals surface area contributed by atoms with Gasteiger partial charge in [-0.05, 0) is 13.0 Å². The van der Waals surface area contributed by atoms with Crippen molar-refractivity contribution in [3.8, 4) is 6.07 Å². The SMILES string of the molecule is Cc1[nH]c(C#N)cc1C(=O)O. The van der Waals surface area contributed by atoms with Crippen LogP contribution in [-0.2, 0) is 0 Å². The predicted molar refractivity (Wildman–Crippen MR) is 37.2 cm³/mol. The molecule has 4 heteroatoms. The second-order valence-electron chi connectivity index (χ2n) is 2.14. The van der Waals surface area contributed by atoms with Crippen LogP contribution in [0.5, 0.6) is 0 Å². The van der Waals surface area contributed by atoms with Gasteiger partial charge in [0.05, 0.1) is 5.56 Å². The molecule has 11 heavy (non-hydrogen) atoms. The molecule has 1 aromatic heterocycles. The van der Waals surface area contributed by atoms with E-state index in [4.69, 9.17) is 10.4 Å². The molecule has 0 atom stereocenters. The molecule has 0 saturated heterocycles. The lowest BCUT2D eigenvalue weighted by molar-refractivity contribution is 0.0696. The van der Waals surface area contributed by atoms with Crippen molar-refractivity contribution in [2.45, 2.75) is 6.92 Å². The summed E-state index contributed by atoms with van der Waals surface area (Å²) in [4.78, 5) is 13.1. The number of rotatable bonds is 1. The van der Waals surface area contributed by atoms with Crippen LogP contribution in [0.1, 0.15) is 21.7 Å². The van der Waals surface area contributed by atoms with Crippen molar-refractivity contribution in [2.24, 2.45) is 0 Å². The molecule has 0 unspecified atom stereocenters. The second-order valence-corrected chi connectivity index (χ2v) is 2.14. The smallest absolute Gasteiger partial charge is 0.337 e. The minimum Gasteiger partial charge on any atom is -0.478 e. The number of nitrogens with one attached hydrogen (secondary N) is 1. The first-order valence-electron chi connectivity index (χ1n) is 2.98. The number of hydrogen-bond acceptors (Lipinski definition) is 2. The second kappa shape index (κ2) is 2.46. The molecule has 0 aromatic carbocycles. The fraction of sp³-hybridized carbons (Fsp3) is 0.143. The third-order valence-electron chi connectivity index (χ3n) is 1.37. The van der Waals surface area contributed by atoms with E-state index in [1.807, 2.05) is 6.07 Å². The summed E-state index contributed by atoms with van der Waals surface area (Å²) in [5, 5.41) is 16.9. The zero-order chi connectivity index (χ0) is 8.43. The largest absolute Gasteiger partial charge is 0.478 e. The standard InChI is InChI=1S/C7H6N2O2/c1-4-6(7(10)11)2-5(3-8)9-4/h2,9H,1H3,(H,10,11). The average Bonchev–Trinajstić information content (AvgIpc) is 2.30. The fourth-order valence-electron chi connectivity index (χ4n) is 0.840. The Morgan fingerprint density at radius 1 is 1.82 bits per heavy atom. The van der Waals surface area contributed by atoms with Gasteiger partial charge in [0.1, 0.15) is 11.8 Å². The van der Waals surface area contributed by atoms with Crippen molar-refractivity contribution >= 4 is 5.97 Å². The highest BCUT2D eigenvalue weighted by atomic mass is 16.4. The normalized spacial score (nSPS) is 9.09. The van der Waals surface area contributed by atoms with E-state index in [1.165, 1.54) is 6.07 Å². The number of carbonyl (C=O) groups is 1. The summed E-state index contributed by atoms with van der Waals surface area (Å²) in [6.07, 6.45) is 0. The van der Waals surface area contributed by atoms with Gasteiger partial charge < -0.3 is 10.1 Å². The van der Waals surface area contributed by atoms with Gasteiger partial charge in [-0.15, -0.1) is 0 Å². The molecule has 1 aromatic rings. The van der Waals surface area contributed by atoms with Gasteiger partial charge in [0, 0.05) is 5.69 Å². The number of H-pyrrole nitrogens is 1. The van der Waals surface area contributed by atoms with Gasteiger partial charge in [-0.1, -0.05) is 0 Å². The molecule has 0 radical (unpaired) electrons. The first-order chi connectivity index (χ1) is 5.15. The molecule has 1 rings (SSSR count). The van der Waals surface area contributed by atoms with Crippen LogP contribution in [0.15, 0.2) is 6.07 Å². The average molecular weight is 150 g/mol. The van der Waals surface area contributed by atoms with Gasteiger partial charge in [-0.25, -0.2) is 4.79 Å². The Kier molecular flexibility index (Phi) is 1.65. The van der Waals surface area contributed by atoms with Crippen LogP contribution in [0.2, 0.25) is 0 Å². The van der Waals surface area contributed by atoms with Gasteiger partial charge in [0.15, 0.2) is 0 Å². The Morgan fingerprint density at radius 2 is 2.45 bits per heavy atom. The van der Waals surface area contributed by atoms with E-state index in [2.05, 4.69) is 4.98 Å². The maximum Gasteiger partial charge on any atom is 0.337 e. The molecule has 0 saturated carbocycles. The molecule has 0 aliphatic heterocycles. The van der Waals surface area contributed by atoms with Crippen molar-refractivity contribution < 1.29 is 9.90 Å². The molecular weight excluding hydrogens is 144 g/mol. The molecule has 0 bridgehead atoms. The van der Waals surface area contributed by atoms with Gasteiger partial charge in [-0.3, -0.25) is 0 Å². The lowest BCUT2D eigenvalue weighted by atomic mass is 10.2. The molecule has 0 amide bonds. The van der Waals surface area contributed by atoms with Crippen molar-refractivity contribution in [2.75, 3.05) is 0 Å². The van der Waals surface area contributed by atoms with Gasteiger partial charge in [0.25, 0.3) is 0 Å². The van der Waals surface area contributed by atoms with Gasteiger partial charge in [-0.2, -0.15) is 5.26 Å². The predicted octanol–water partition coefficient (Wildman–Crippen LogP) is 0.893. The van der Waals surface area contributed by atoms with Crippen molar-refractivity contribution in [1.29, 1.82) is 5.26 Å². The minimum atomic E-state index is -1.01. The maximum atomic E-state index is 10.4. The molecular formula is C7H6N2O2. The Morgan fingerprint density at radius 3 is 2.73 bits per heavy atom. The number of aromatic amines is 1. The van der Waals surface area contributed by atoms with Crippen LogP contribution in [0.25, 0.3) is 0 Å². The van der Waals surface area contributed by atoms with Crippen molar-refractivity contribution in [3.63, 3.8) is 0 Å². The van der Waals surface area contributed by atoms with E-state index >= 15 is 0 Å². The van der Waals surface area contributed by atoms with Crippen LogP contribution in [0, 0.1) is 18.3 Å². The highest BCUT2D eigenvalue weighted by Gasteiger charge is 2.09. The molecule has 0 aliphatic carbocycles. The van der Waals surface area contributed by atoms with E-state index in [0.717, 1.165) is 0 Å². The Balaban J connectivity index is 3.20. The summed E-state index contributed by atoms with van der Waals surface area (Å²) >= 11 is 0. The van der Waals surface area contributed by atoms with Crippen LogP contribution in [0.3, 0.4) is 0 Å².